The molecule has 0 saturated heterocycles. The summed E-state index contributed by atoms with van der Waals surface area (Å²) >= 11 is 5.97. The summed E-state index contributed by atoms with van der Waals surface area (Å²) in [5.74, 6) is -0.384. The number of hydrogen-bond acceptors (Lipinski definition) is 3. The molecule has 7 heteroatoms. The van der Waals surface area contributed by atoms with Crippen molar-refractivity contribution in [1.82, 2.24) is 0 Å². The van der Waals surface area contributed by atoms with E-state index < -0.39 is 10.0 Å². The van der Waals surface area contributed by atoms with Gasteiger partial charge in [0, 0.05) is 10.7 Å². The van der Waals surface area contributed by atoms with Crippen LogP contribution in [-0.2, 0) is 27.7 Å². The first-order valence-electron chi connectivity index (χ1n) is 8.81. The van der Waals surface area contributed by atoms with Gasteiger partial charge in [-0.05, 0) is 54.7 Å². The standard InChI is InChI=1S/C20H25ClN2O3S/c1-5-15-8-7-9-16(6-2)20(15)22-19(24)13-23(27(4,25)26)18-11-10-17(21)12-14(18)3/h7-12H,5-6,13H2,1-4H3,(H,22,24). The Balaban J connectivity index is 2.33. The molecule has 0 saturated carbocycles. The Bertz CT molecular complexity index is 920. The van der Waals surface area contributed by atoms with E-state index >= 15 is 0 Å². The fraction of sp³-hybridized carbons (Fsp3) is 0.350. The van der Waals surface area contributed by atoms with Crippen LogP contribution in [0.3, 0.4) is 0 Å². The van der Waals surface area contributed by atoms with Crippen molar-refractivity contribution in [1.29, 1.82) is 0 Å². The van der Waals surface area contributed by atoms with Crippen LogP contribution in [0.5, 0.6) is 0 Å². The molecule has 0 heterocycles. The van der Waals surface area contributed by atoms with E-state index in [-0.39, 0.29) is 12.5 Å². The van der Waals surface area contributed by atoms with Crippen molar-refractivity contribution in [2.45, 2.75) is 33.6 Å². The molecule has 1 amide bonds. The number of aryl methyl sites for hydroxylation is 3. The monoisotopic (exact) mass is 408 g/mol. The highest BCUT2D eigenvalue weighted by atomic mass is 35.5. The molecule has 0 aliphatic carbocycles. The van der Waals surface area contributed by atoms with Gasteiger partial charge in [0.1, 0.15) is 6.54 Å². The Hall–Kier alpha value is -2.05. The SMILES string of the molecule is CCc1cccc(CC)c1NC(=O)CN(c1ccc(Cl)cc1C)S(C)(=O)=O. The average Bonchev–Trinajstić information content (AvgIpc) is 2.59. The highest BCUT2D eigenvalue weighted by Crippen LogP contribution is 2.26. The molecular weight excluding hydrogens is 384 g/mol. The first-order valence-corrected chi connectivity index (χ1v) is 11.0. The third-order valence-electron chi connectivity index (χ3n) is 4.38. The summed E-state index contributed by atoms with van der Waals surface area (Å²) in [6, 6.07) is 10.8. The summed E-state index contributed by atoms with van der Waals surface area (Å²) < 4.78 is 25.7. The summed E-state index contributed by atoms with van der Waals surface area (Å²) in [5.41, 5.74) is 3.95. The molecule has 0 fully saturated rings. The molecule has 0 radical (unpaired) electrons. The summed E-state index contributed by atoms with van der Waals surface area (Å²) in [7, 11) is -3.64. The molecule has 0 aliphatic rings. The van der Waals surface area contributed by atoms with Gasteiger partial charge in [-0.2, -0.15) is 0 Å². The van der Waals surface area contributed by atoms with Gasteiger partial charge in [-0.25, -0.2) is 8.42 Å². The lowest BCUT2D eigenvalue weighted by Crippen LogP contribution is -2.38. The quantitative estimate of drug-likeness (QED) is 0.747. The Morgan fingerprint density at radius 3 is 2.19 bits per heavy atom. The first kappa shape index (κ1) is 21.3. The van der Waals surface area contributed by atoms with Gasteiger partial charge >= 0.3 is 0 Å². The zero-order chi connectivity index (χ0) is 20.2. The van der Waals surface area contributed by atoms with Crippen molar-refractivity contribution < 1.29 is 13.2 Å². The van der Waals surface area contributed by atoms with E-state index in [1.165, 1.54) is 0 Å². The number of sulfonamides is 1. The molecule has 0 unspecified atom stereocenters. The Kier molecular flexibility index (Phi) is 6.89. The number of amides is 1. The van der Waals surface area contributed by atoms with E-state index in [0.29, 0.717) is 16.3 Å². The second-order valence-corrected chi connectivity index (χ2v) is 8.75. The van der Waals surface area contributed by atoms with Crippen LogP contribution in [0.15, 0.2) is 36.4 Å². The molecule has 0 aliphatic heterocycles. The van der Waals surface area contributed by atoms with Crippen LogP contribution in [0, 0.1) is 6.92 Å². The second-order valence-electron chi connectivity index (χ2n) is 6.41. The van der Waals surface area contributed by atoms with E-state index in [1.807, 2.05) is 32.0 Å². The fourth-order valence-electron chi connectivity index (χ4n) is 2.99. The van der Waals surface area contributed by atoms with E-state index in [2.05, 4.69) is 5.32 Å². The summed E-state index contributed by atoms with van der Waals surface area (Å²) in [6.45, 7) is 5.50. The van der Waals surface area contributed by atoms with Crippen molar-refractivity contribution >= 4 is 38.9 Å². The number of halogens is 1. The van der Waals surface area contributed by atoms with Gasteiger partial charge in [0.05, 0.1) is 11.9 Å². The predicted molar refractivity (Wildman–Crippen MR) is 112 cm³/mol. The van der Waals surface area contributed by atoms with Gasteiger partial charge in [0.15, 0.2) is 0 Å². The lowest BCUT2D eigenvalue weighted by molar-refractivity contribution is -0.114. The number of rotatable bonds is 7. The van der Waals surface area contributed by atoms with Crippen LogP contribution in [0.1, 0.15) is 30.5 Å². The van der Waals surface area contributed by atoms with Crippen LogP contribution >= 0.6 is 11.6 Å². The molecule has 5 nitrogen and oxygen atoms in total. The fourth-order valence-corrected chi connectivity index (χ4v) is 4.13. The number of nitrogens with one attached hydrogen (secondary N) is 1. The molecule has 2 aromatic rings. The number of hydrogen-bond donors (Lipinski definition) is 1. The highest BCUT2D eigenvalue weighted by Gasteiger charge is 2.23. The second kappa shape index (κ2) is 8.76. The largest absolute Gasteiger partial charge is 0.324 e. The van der Waals surface area contributed by atoms with Crippen LogP contribution < -0.4 is 9.62 Å². The van der Waals surface area contributed by atoms with Gasteiger partial charge in [0.2, 0.25) is 15.9 Å². The number of para-hydroxylation sites is 1. The maximum Gasteiger partial charge on any atom is 0.245 e. The van der Waals surface area contributed by atoms with E-state index in [0.717, 1.165) is 40.2 Å². The van der Waals surface area contributed by atoms with Gasteiger partial charge in [-0.3, -0.25) is 9.10 Å². The van der Waals surface area contributed by atoms with Crippen molar-refractivity contribution in [3.63, 3.8) is 0 Å². The number of carbonyl (C=O) groups excluding carboxylic acids is 1. The van der Waals surface area contributed by atoms with E-state index in [9.17, 15) is 13.2 Å². The Labute approximate surface area is 166 Å². The number of anilines is 2. The molecule has 2 rings (SSSR count). The number of benzene rings is 2. The highest BCUT2D eigenvalue weighted by molar-refractivity contribution is 7.92. The number of nitrogens with zero attached hydrogens (tertiary/aromatic N) is 1. The van der Waals surface area contributed by atoms with Gasteiger partial charge in [0.25, 0.3) is 0 Å². The predicted octanol–water partition coefficient (Wildman–Crippen LogP) is 4.18. The Morgan fingerprint density at radius 2 is 1.70 bits per heavy atom. The Morgan fingerprint density at radius 1 is 1.11 bits per heavy atom. The van der Waals surface area contributed by atoms with Gasteiger partial charge in [-0.15, -0.1) is 0 Å². The van der Waals surface area contributed by atoms with Gasteiger partial charge < -0.3 is 5.32 Å². The average molecular weight is 409 g/mol. The van der Waals surface area contributed by atoms with Crippen LogP contribution in [-0.4, -0.2) is 27.1 Å². The molecule has 27 heavy (non-hydrogen) atoms. The zero-order valence-electron chi connectivity index (χ0n) is 16.0. The van der Waals surface area contributed by atoms with Crippen molar-refractivity contribution in [2.24, 2.45) is 0 Å². The lowest BCUT2D eigenvalue weighted by atomic mass is 10.0. The third kappa shape index (κ3) is 5.23. The van der Waals surface area contributed by atoms with Crippen LogP contribution in [0.2, 0.25) is 5.02 Å². The molecule has 2 aromatic carbocycles. The molecule has 0 spiro atoms. The van der Waals surface area contributed by atoms with E-state index in [4.69, 9.17) is 11.6 Å². The maximum absolute atomic E-state index is 12.7. The molecular formula is C20H25ClN2O3S. The lowest BCUT2D eigenvalue weighted by Gasteiger charge is -2.24. The van der Waals surface area contributed by atoms with Crippen molar-refractivity contribution in [2.75, 3.05) is 22.4 Å². The molecule has 0 aromatic heterocycles. The van der Waals surface area contributed by atoms with Crippen LogP contribution in [0.4, 0.5) is 11.4 Å². The normalized spacial score (nSPS) is 11.3. The summed E-state index contributed by atoms with van der Waals surface area (Å²) in [4.78, 5) is 12.7. The molecule has 0 atom stereocenters. The molecule has 0 bridgehead atoms. The minimum absolute atomic E-state index is 0.303. The van der Waals surface area contributed by atoms with Crippen molar-refractivity contribution in [3.05, 3.63) is 58.1 Å². The summed E-state index contributed by atoms with van der Waals surface area (Å²) in [5, 5.41) is 3.43. The van der Waals surface area contributed by atoms with Crippen molar-refractivity contribution in [3.8, 4) is 0 Å². The minimum atomic E-state index is -3.64. The molecule has 146 valence electrons. The molecule has 1 N–H and O–H groups in total. The van der Waals surface area contributed by atoms with Gasteiger partial charge in [-0.1, -0.05) is 43.6 Å². The number of carbonyl (C=O) groups is 1. The smallest absolute Gasteiger partial charge is 0.245 e. The zero-order valence-corrected chi connectivity index (χ0v) is 17.6. The summed E-state index contributed by atoms with van der Waals surface area (Å²) in [6.07, 6.45) is 2.64. The maximum atomic E-state index is 12.7. The first-order chi connectivity index (χ1) is 12.7. The topological polar surface area (TPSA) is 66.5 Å². The third-order valence-corrected chi connectivity index (χ3v) is 5.74. The van der Waals surface area contributed by atoms with E-state index in [1.54, 1.807) is 25.1 Å². The van der Waals surface area contributed by atoms with Crippen LogP contribution in [0.25, 0.3) is 0 Å². The minimum Gasteiger partial charge on any atom is -0.324 e.